The summed E-state index contributed by atoms with van der Waals surface area (Å²) in [6, 6.07) is 4.74. The first-order chi connectivity index (χ1) is 10.6. The number of hydrogen-bond acceptors (Lipinski definition) is 4. The van der Waals surface area contributed by atoms with Crippen molar-refractivity contribution in [2.45, 2.75) is 18.7 Å². The maximum Gasteiger partial charge on any atom is 0.330 e. The number of hydrogen-bond donors (Lipinski definition) is 1. The molecule has 0 atom stereocenters. The molecule has 1 N–H and O–H groups in total. The van der Waals surface area contributed by atoms with Crippen molar-refractivity contribution < 1.29 is 8.42 Å². The monoisotopic (exact) mass is 357 g/mol. The molecule has 0 fully saturated rings. The first-order valence-corrected chi connectivity index (χ1v) is 8.48. The molecular weight excluding hydrogens is 342 g/mol. The Morgan fingerprint density at radius 2 is 1.70 bits per heavy atom. The molecule has 124 valence electrons. The molecule has 0 unspecified atom stereocenters. The van der Waals surface area contributed by atoms with Crippen LogP contribution < -0.4 is 16.0 Å². The van der Waals surface area contributed by atoms with E-state index in [-0.39, 0.29) is 11.4 Å². The number of nitrogens with zero attached hydrogens (tertiary/aromatic N) is 2. The van der Waals surface area contributed by atoms with Crippen LogP contribution in [0.15, 0.2) is 32.7 Å². The lowest BCUT2D eigenvalue weighted by atomic mass is 10.2. The number of halogens is 1. The molecule has 1 aromatic heterocycles. The number of sulfonamides is 1. The molecule has 0 saturated carbocycles. The molecule has 23 heavy (non-hydrogen) atoms. The Morgan fingerprint density at radius 1 is 1.09 bits per heavy atom. The van der Waals surface area contributed by atoms with E-state index in [2.05, 4.69) is 4.72 Å². The Balaban J connectivity index is 2.69. The van der Waals surface area contributed by atoms with Gasteiger partial charge in [0.1, 0.15) is 0 Å². The maximum atomic E-state index is 12.6. The third-order valence-corrected chi connectivity index (χ3v) is 5.35. The highest BCUT2D eigenvalue weighted by Gasteiger charge is 2.25. The molecule has 0 amide bonds. The van der Waals surface area contributed by atoms with Gasteiger partial charge in [0.05, 0.1) is 5.69 Å². The van der Waals surface area contributed by atoms with Crippen LogP contribution in [0.1, 0.15) is 11.3 Å². The fraction of sp³-hybridized carbons (Fsp3) is 0.286. The summed E-state index contributed by atoms with van der Waals surface area (Å²) < 4.78 is 29.5. The highest BCUT2D eigenvalue weighted by atomic mass is 35.5. The van der Waals surface area contributed by atoms with Gasteiger partial charge in [0.2, 0.25) is 0 Å². The quantitative estimate of drug-likeness (QED) is 0.892. The van der Waals surface area contributed by atoms with Gasteiger partial charge in [-0.1, -0.05) is 17.7 Å². The molecule has 2 aromatic rings. The zero-order valence-electron chi connectivity index (χ0n) is 13.0. The van der Waals surface area contributed by atoms with Gasteiger partial charge in [-0.25, -0.2) is 13.2 Å². The maximum absolute atomic E-state index is 12.6. The number of anilines is 1. The van der Waals surface area contributed by atoms with Gasteiger partial charge in [-0.05, 0) is 31.5 Å². The van der Waals surface area contributed by atoms with E-state index in [0.717, 1.165) is 9.13 Å². The summed E-state index contributed by atoms with van der Waals surface area (Å²) >= 11 is 5.88. The van der Waals surface area contributed by atoms with Crippen molar-refractivity contribution >= 4 is 27.3 Å². The van der Waals surface area contributed by atoms with Crippen LogP contribution in [0.3, 0.4) is 0 Å². The van der Waals surface area contributed by atoms with Crippen molar-refractivity contribution in [1.29, 1.82) is 0 Å². The van der Waals surface area contributed by atoms with Gasteiger partial charge >= 0.3 is 5.69 Å². The molecule has 1 heterocycles. The summed E-state index contributed by atoms with van der Waals surface area (Å²) in [5.41, 5.74) is -0.487. The molecule has 0 aliphatic heterocycles. The molecule has 0 aliphatic carbocycles. The van der Waals surface area contributed by atoms with E-state index in [9.17, 15) is 18.0 Å². The van der Waals surface area contributed by atoms with E-state index in [1.165, 1.54) is 27.1 Å². The van der Waals surface area contributed by atoms with E-state index in [1.807, 2.05) is 0 Å². The zero-order valence-corrected chi connectivity index (χ0v) is 14.6. The number of benzene rings is 1. The van der Waals surface area contributed by atoms with Crippen LogP contribution in [0.5, 0.6) is 0 Å². The number of rotatable bonds is 3. The molecule has 0 bridgehead atoms. The van der Waals surface area contributed by atoms with Gasteiger partial charge in [-0.15, -0.1) is 0 Å². The topological polar surface area (TPSA) is 90.2 Å². The van der Waals surface area contributed by atoms with Crippen molar-refractivity contribution in [3.05, 3.63) is 55.3 Å². The molecule has 0 saturated heterocycles. The normalized spacial score (nSPS) is 11.5. The van der Waals surface area contributed by atoms with Crippen LogP contribution in [0.4, 0.5) is 5.69 Å². The molecule has 2 rings (SSSR count). The first kappa shape index (κ1) is 17.3. The molecule has 9 heteroatoms. The van der Waals surface area contributed by atoms with Crippen molar-refractivity contribution in [2.75, 3.05) is 4.72 Å². The highest BCUT2D eigenvalue weighted by Crippen LogP contribution is 2.23. The van der Waals surface area contributed by atoms with Crippen LogP contribution in [0, 0.1) is 13.8 Å². The van der Waals surface area contributed by atoms with Crippen molar-refractivity contribution in [2.24, 2.45) is 14.1 Å². The Morgan fingerprint density at radius 3 is 2.30 bits per heavy atom. The summed E-state index contributed by atoms with van der Waals surface area (Å²) in [4.78, 5) is 23.6. The minimum atomic E-state index is -4.18. The number of aromatic nitrogens is 2. The fourth-order valence-corrected chi connectivity index (χ4v) is 3.80. The summed E-state index contributed by atoms with van der Waals surface area (Å²) in [5, 5.41) is 0.360. The molecule has 1 aromatic carbocycles. The highest BCUT2D eigenvalue weighted by molar-refractivity contribution is 7.92. The van der Waals surface area contributed by atoms with Gasteiger partial charge in [0, 0.05) is 24.8 Å². The third-order valence-electron chi connectivity index (χ3n) is 3.62. The molecule has 0 spiro atoms. The SMILES string of the molecule is Cc1ccc(Cl)cc1NS(=O)(=O)c1c(C)n(C)c(=O)n(C)c1=O. The fourth-order valence-electron chi connectivity index (χ4n) is 2.12. The van der Waals surface area contributed by atoms with Gasteiger partial charge in [-0.2, -0.15) is 0 Å². The Bertz CT molecular complexity index is 1010. The summed E-state index contributed by atoms with van der Waals surface area (Å²) in [7, 11) is -1.54. The second-order valence-electron chi connectivity index (χ2n) is 5.19. The average Bonchev–Trinajstić information content (AvgIpc) is 2.46. The smallest absolute Gasteiger partial charge is 0.300 e. The van der Waals surface area contributed by atoms with Crippen LogP contribution >= 0.6 is 11.6 Å². The second kappa shape index (κ2) is 5.86. The number of nitrogens with one attached hydrogen (secondary N) is 1. The average molecular weight is 358 g/mol. The molecular formula is C14H16ClN3O4S. The van der Waals surface area contributed by atoms with E-state index in [1.54, 1.807) is 19.1 Å². The predicted octanol–water partition coefficient (Wildman–Crippen LogP) is 1.16. The molecule has 0 aliphatic rings. The van der Waals surface area contributed by atoms with E-state index in [0.29, 0.717) is 10.6 Å². The van der Waals surface area contributed by atoms with Gasteiger partial charge < -0.3 is 0 Å². The van der Waals surface area contributed by atoms with Crippen molar-refractivity contribution in [3.63, 3.8) is 0 Å². The van der Waals surface area contributed by atoms with Crippen LogP contribution in [-0.2, 0) is 24.1 Å². The van der Waals surface area contributed by atoms with Gasteiger partial charge in [0.15, 0.2) is 4.90 Å². The lowest BCUT2D eigenvalue weighted by molar-refractivity contribution is 0.583. The second-order valence-corrected chi connectivity index (χ2v) is 7.24. The summed E-state index contributed by atoms with van der Waals surface area (Å²) in [6.07, 6.45) is 0. The predicted molar refractivity (Wildman–Crippen MR) is 88.7 cm³/mol. The van der Waals surface area contributed by atoms with Crippen LogP contribution in [0.2, 0.25) is 5.02 Å². The van der Waals surface area contributed by atoms with Gasteiger partial charge in [-0.3, -0.25) is 18.7 Å². The Kier molecular flexibility index (Phi) is 4.41. The third kappa shape index (κ3) is 3.04. The lowest BCUT2D eigenvalue weighted by Gasteiger charge is -2.15. The van der Waals surface area contributed by atoms with E-state index < -0.39 is 26.2 Å². The van der Waals surface area contributed by atoms with E-state index in [4.69, 9.17) is 11.6 Å². The number of aryl methyl sites for hydroxylation is 1. The molecule has 0 radical (unpaired) electrons. The van der Waals surface area contributed by atoms with Crippen LogP contribution in [0.25, 0.3) is 0 Å². The minimum Gasteiger partial charge on any atom is -0.300 e. The van der Waals surface area contributed by atoms with Crippen molar-refractivity contribution in [3.8, 4) is 0 Å². The first-order valence-electron chi connectivity index (χ1n) is 6.62. The zero-order chi connectivity index (χ0) is 17.5. The Hall–Kier alpha value is -2.06. The van der Waals surface area contributed by atoms with Gasteiger partial charge in [0.25, 0.3) is 15.6 Å². The Labute approximate surface area is 138 Å². The lowest BCUT2D eigenvalue weighted by Crippen LogP contribution is -2.42. The van der Waals surface area contributed by atoms with Crippen LogP contribution in [-0.4, -0.2) is 17.6 Å². The largest absolute Gasteiger partial charge is 0.330 e. The van der Waals surface area contributed by atoms with E-state index >= 15 is 0 Å². The minimum absolute atomic E-state index is 0.0604. The summed E-state index contributed by atoms with van der Waals surface area (Å²) in [6.45, 7) is 3.11. The molecule has 7 nitrogen and oxygen atoms in total. The van der Waals surface area contributed by atoms with Crippen molar-refractivity contribution in [1.82, 2.24) is 9.13 Å². The standard InChI is InChI=1S/C14H16ClN3O4S/c1-8-5-6-10(15)7-11(8)16-23(21,22)12-9(2)17(3)14(20)18(4)13(12)19/h5-7,16H,1-4H3. The summed E-state index contributed by atoms with van der Waals surface area (Å²) in [5.74, 6) is 0.